The molecule has 0 aromatic rings. The maximum absolute atomic E-state index is 11.9. The lowest BCUT2D eigenvalue weighted by molar-refractivity contribution is -0.148. The van der Waals surface area contributed by atoms with Crippen molar-refractivity contribution in [2.75, 3.05) is 26.4 Å². The molecule has 0 amide bonds. The molecule has 0 aromatic carbocycles. The van der Waals surface area contributed by atoms with Crippen molar-refractivity contribution >= 4 is 5.97 Å². The highest BCUT2D eigenvalue weighted by Crippen LogP contribution is 2.38. The van der Waals surface area contributed by atoms with Gasteiger partial charge in [-0.1, -0.05) is 19.3 Å². The number of hydrogen-bond acceptors (Lipinski definition) is 4. The lowest BCUT2D eigenvalue weighted by atomic mass is 9.72. The second kappa shape index (κ2) is 6.53. The molecule has 0 bridgehead atoms. The SMILES string of the molecule is NCC1(CC(=O)OCC2CCOC2)CCCCC1. The van der Waals surface area contributed by atoms with Gasteiger partial charge in [0.15, 0.2) is 0 Å². The van der Waals surface area contributed by atoms with Gasteiger partial charge >= 0.3 is 5.97 Å². The van der Waals surface area contributed by atoms with Crippen molar-refractivity contribution in [3.8, 4) is 0 Å². The lowest BCUT2D eigenvalue weighted by Crippen LogP contribution is -2.35. The van der Waals surface area contributed by atoms with Crippen molar-refractivity contribution in [2.24, 2.45) is 17.1 Å². The smallest absolute Gasteiger partial charge is 0.306 e. The molecule has 1 saturated carbocycles. The third-order valence-electron chi connectivity index (χ3n) is 4.37. The van der Waals surface area contributed by atoms with Crippen LogP contribution in [0, 0.1) is 11.3 Å². The first-order valence-corrected chi connectivity index (χ1v) is 7.18. The van der Waals surface area contributed by atoms with Crippen molar-refractivity contribution in [1.29, 1.82) is 0 Å². The van der Waals surface area contributed by atoms with E-state index in [1.54, 1.807) is 0 Å². The molecule has 0 spiro atoms. The van der Waals surface area contributed by atoms with E-state index in [1.165, 1.54) is 19.3 Å². The maximum atomic E-state index is 11.9. The molecule has 0 aromatic heterocycles. The zero-order valence-corrected chi connectivity index (χ0v) is 11.2. The summed E-state index contributed by atoms with van der Waals surface area (Å²) in [5.74, 6) is 0.323. The van der Waals surface area contributed by atoms with Crippen LogP contribution in [0.4, 0.5) is 0 Å². The van der Waals surface area contributed by atoms with E-state index < -0.39 is 0 Å². The molecule has 4 nitrogen and oxygen atoms in total. The third kappa shape index (κ3) is 3.69. The molecular weight excluding hydrogens is 230 g/mol. The number of carbonyl (C=O) groups excluding carboxylic acids is 1. The first kappa shape index (κ1) is 13.8. The molecule has 18 heavy (non-hydrogen) atoms. The summed E-state index contributed by atoms with van der Waals surface area (Å²) in [7, 11) is 0. The monoisotopic (exact) mass is 255 g/mol. The fraction of sp³-hybridized carbons (Fsp3) is 0.929. The number of esters is 1. The van der Waals surface area contributed by atoms with Crippen molar-refractivity contribution in [3.63, 3.8) is 0 Å². The van der Waals surface area contributed by atoms with E-state index in [0.29, 0.717) is 25.5 Å². The van der Waals surface area contributed by atoms with Gasteiger partial charge in [0.05, 0.1) is 19.6 Å². The van der Waals surface area contributed by atoms with Gasteiger partial charge < -0.3 is 15.2 Å². The Morgan fingerprint density at radius 2 is 2.11 bits per heavy atom. The van der Waals surface area contributed by atoms with Gasteiger partial charge in [-0.25, -0.2) is 0 Å². The predicted octanol–water partition coefficient (Wildman–Crippen LogP) is 1.87. The molecule has 2 aliphatic rings. The normalized spacial score (nSPS) is 27.1. The number of carbonyl (C=O) groups is 1. The summed E-state index contributed by atoms with van der Waals surface area (Å²) in [6.45, 7) is 2.65. The topological polar surface area (TPSA) is 61.6 Å². The van der Waals surface area contributed by atoms with Gasteiger partial charge in [0.25, 0.3) is 0 Å². The van der Waals surface area contributed by atoms with Crippen LogP contribution in [0.25, 0.3) is 0 Å². The van der Waals surface area contributed by atoms with Gasteiger partial charge in [0.1, 0.15) is 0 Å². The Hall–Kier alpha value is -0.610. The van der Waals surface area contributed by atoms with Gasteiger partial charge in [-0.3, -0.25) is 4.79 Å². The molecule has 2 N–H and O–H groups in total. The molecule has 1 unspecified atom stereocenters. The second-order valence-corrected chi connectivity index (χ2v) is 5.85. The van der Waals surface area contributed by atoms with E-state index in [9.17, 15) is 4.79 Å². The molecule has 1 aliphatic carbocycles. The summed E-state index contributed by atoms with van der Waals surface area (Å²) in [4.78, 5) is 11.9. The Morgan fingerprint density at radius 1 is 1.33 bits per heavy atom. The molecule has 0 radical (unpaired) electrons. The highest BCUT2D eigenvalue weighted by atomic mass is 16.5. The van der Waals surface area contributed by atoms with E-state index in [0.717, 1.165) is 32.5 Å². The van der Waals surface area contributed by atoms with Crippen LogP contribution in [0.15, 0.2) is 0 Å². The highest BCUT2D eigenvalue weighted by molar-refractivity contribution is 5.70. The predicted molar refractivity (Wildman–Crippen MR) is 69.1 cm³/mol. The van der Waals surface area contributed by atoms with Crippen LogP contribution in [0.3, 0.4) is 0 Å². The van der Waals surface area contributed by atoms with Crippen molar-refractivity contribution < 1.29 is 14.3 Å². The van der Waals surface area contributed by atoms with Crippen molar-refractivity contribution in [2.45, 2.75) is 44.9 Å². The molecule has 1 atom stereocenters. The van der Waals surface area contributed by atoms with Crippen LogP contribution in [-0.4, -0.2) is 32.3 Å². The molecule has 1 heterocycles. The molecule has 1 aliphatic heterocycles. The fourth-order valence-corrected chi connectivity index (χ4v) is 3.04. The second-order valence-electron chi connectivity index (χ2n) is 5.85. The van der Waals surface area contributed by atoms with Crippen LogP contribution in [0.5, 0.6) is 0 Å². The average molecular weight is 255 g/mol. The summed E-state index contributed by atoms with van der Waals surface area (Å²) >= 11 is 0. The van der Waals surface area contributed by atoms with E-state index in [4.69, 9.17) is 15.2 Å². The average Bonchev–Trinajstić information content (AvgIpc) is 2.91. The zero-order chi connectivity index (χ0) is 12.8. The summed E-state index contributed by atoms with van der Waals surface area (Å²) in [5.41, 5.74) is 5.89. The highest BCUT2D eigenvalue weighted by Gasteiger charge is 2.33. The van der Waals surface area contributed by atoms with Crippen molar-refractivity contribution in [1.82, 2.24) is 0 Å². The first-order chi connectivity index (χ1) is 8.74. The van der Waals surface area contributed by atoms with Gasteiger partial charge in [0.2, 0.25) is 0 Å². The third-order valence-corrected chi connectivity index (χ3v) is 4.37. The number of ether oxygens (including phenoxy) is 2. The fourth-order valence-electron chi connectivity index (χ4n) is 3.04. The van der Waals surface area contributed by atoms with Crippen LogP contribution in [-0.2, 0) is 14.3 Å². The Morgan fingerprint density at radius 3 is 2.72 bits per heavy atom. The minimum atomic E-state index is -0.0748. The van der Waals surface area contributed by atoms with Crippen LogP contribution >= 0.6 is 0 Å². The van der Waals surface area contributed by atoms with Crippen molar-refractivity contribution in [3.05, 3.63) is 0 Å². The molecule has 2 rings (SSSR count). The van der Waals surface area contributed by atoms with Gasteiger partial charge in [0, 0.05) is 12.5 Å². The molecular formula is C14H25NO3. The van der Waals surface area contributed by atoms with E-state index in [1.807, 2.05) is 0 Å². The largest absolute Gasteiger partial charge is 0.465 e. The Kier molecular flexibility index (Phi) is 5.01. The maximum Gasteiger partial charge on any atom is 0.306 e. The van der Waals surface area contributed by atoms with Crippen LogP contribution in [0.2, 0.25) is 0 Å². The van der Waals surface area contributed by atoms with E-state index >= 15 is 0 Å². The minimum Gasteiger partial charge on any atom is -0.465 e. The summed E-state index contributed by atoms with van der Waals surface area (Å²) < 4.78 is 10.7. The summed E-state index contributed by atoms with van der Waals surface area (Å²) in [6.07, 6.45) is 7.32. The molecule has 2 fully saturated rings. The van der Waals surface area contributed by atoms with Gasteiger partial charge in [-0.15, -0.1) is 0 Å². The number of nitrogens with two attached hydrogens (primary N) is 1. The zero-order valence-electron chi connectivity index (χ0n) is 11.2. The minimum absolute atomic E-state index is 0.0154. The van der Waals surface area contributed by atoms with Gasteiger partial charge in [-0.2, -0.15) is 0 Å². The lowest BCUT2D eigenvalue weighted by Gasteiger charge is -2.35. The first-order valence-electron chi connectivity index (χ1n) is 7.18. The number of hydrogen-bond donors (Lipinski definition) is 1. The van der Waals surface area contributed by atoms with E-state index in [2.05, 4.69) is 0 Å². The van der Waals surface area contributed by atoms with Gasteiger partial charge in [-0.05, 0) is 31.2 Å². The van der Waals surface area contributed by atoms with Crippen LogP contribution < -0.4 is 5.73 Å². The Bertz CT molecular complexity index is 268. The standard InChI is InChI=1S/C14H25NO3/c15-11-14(5-2-1-3-6-14)8-13(16)18-10-12-4-7-17-9-12/h12H,1-11,15H2. The van der Waals surface area contributed by atoms with Crippen LogP contribution in [0.1, 0.15) is 44.9 Å². The molecule has 4 heteroatoms. The quantitative estimate of drug-likeness (QED) is 0.762. The molecule has 104 valence electrons. The number of rotatable bonds is 5. The summed E-state index contributed by atoms with van der Waals surface area (Å²) in [5, 5.41) is 0. The Balaban J connectivity index is 1.74. The summed E-state index contributed by atoms with van der Waals surface area (Å²) in [6, 6.07) is 0. The van der Waals surface area contributed by atoms with E-state index in [-0.39, 0.29) is 11.4 Å². The molecule has 1 saturated heterocycles. The Labute approximate surface area is 109 Å².